The summed E-state index contributed by atoms with van der Waals surface area (Å²) in [5.74, 6) is -0.304. The molecule has 2 aromatic heterocycles. The number of nitrogens with one attached hydrogen (secondary N) is 1. The van der Waals surface area contributed by atoms with Crippen molar-refractivity contribution < 1.29 is 19.1 Å². The first-order valence-electron chi connectivity index (χ1n) is 9.08. The maximum atomic E-state index is 12.4. The number of nitrogens with zero attached hydrogens (tertiary/aromatic N) is 4. The van der Waals surface area contributed by atoms with E-state index in [0.717, 1.165) is 10.4 Å². The number of tetrazole rings is 1. The molecule has 0 unspecified atom stereocenters. The van der Waals surface area contributed by atoms with Crippen molar-refractivity contribution in [3.05, 3.63) is 46.6 Å². The molecule has 0 spiro atoms. The number of benzene rings is 1. The number of thiophene rings is 1. The van der Waals surface area contributed by atoms with E-state index in [0.29, 0.717) is 28.4 Å². The molecule has 29 heavy (non-hydrogen) atoms. The van der Waals surface area contributed by atoms with Crippen molar-refractivity contribution >= 4 is 28.2 Å². The molecule has 1 amide bonds. The van der Waals surface area contributed by atoms with Crippen LogP contribution in [0.4, 0.5) is 5.00 Å². The molecule has 152 valence electrons. The Hall–Kier alpha value is -3.27. The maximum absolute atomic E-state index is 12.4. The van der Waals surface area contributed by atoms with Gasteiger partial charge in [-0.1, -0.05) is 13.0 Å². The number of carbonyl (C=O) groups excluding carboxylic acids is 2. The van der Waals surface area contributed by atoms with Crippen LogP contribution in [0.5, 0.6) is 5.75 Å². The average Bonchev–Trinajstić information content (AvgIpc) is 3.34. The molecule has 9 nitrogen and oxygen atoms in total. The second-order valence-corrected chi connectivity index (χ2v) is 7.23. The van der Waals surface area contributed by atoms with Crippen molar-refractivity contribution in [2.45, 2.75) is 27.2 Å². The normalized spacial score (nSPS) is 10.6. The monoisotopic (exact) mass is 415 g/mol. The number of anilines is 1. The third kappa shape index (κ3) is 4.77. The zero-order chi connectivity index (χ0) is 20.8. The number of rotatable bonds is 8. The van der Waals surface area contributed by atoms with Crippen LogP contribution in [0.1, 0.15) is 34.6 Å². The van der Waals surface area contributed by atoms with Gasteiger partial charge in [0.25, 0.3) is 5.91 Å². The Labute approximate surface area is 171 Å². The first-order valence-corrected chi connectivity index (χ1v) is 9.90. The van der Waals surface area contributed by atoms with Crippen LogP contribution < -0.4 is 10.1 Å². The van der Waals surface area contributed by atoms with Crippen LogP contribution in [0.25, 0.3) is 5.69 Å². The molecule has 1 N–H and O–H groups in total. The number of ether oxygens (including phenoxy) is 2. The molecule has 0 saturated carbocycles. The predicted molar refractivity (Wildman–Crippen MR) is 108 cm³/mol. The van der Waals surface area contributed by atoms with Crippen molar-refractivity contribution in [3.63, 3.8) is 0 Å². The predicted octanol–water partition coefficient (Wildman–Crippen LogP) is 2.79. The molecule has 0 aliphatic carbocycles. The van der Waals surface area contributed by atoms with E-state index < -0.39 is 5.97 Å². The summed E-state index contributed by atoms with van der Waals surface area (Å²) in [5, 5.41) is 14.3. The minimum absolute atomic E-state index is 0.209. The van der Waals surface area contributed by atoms with Gasteiger partial charge in [0.1, 0.15) is 17.1 Å². The number of esters is 1. The molecule has 10 heteroatoms. The third-order valence-electron chi connectivity index (χ3n) is 4.10. The summed E-state index contributed by atoms with van der Waals surface area (Å²) < 4.78 is 12.2. The highest BCUT2D eigenvalue weighted by Crippen LogP contribution is 2.34. The van der Waals surface area contributed by atoms with E-state index in [1.807, 2.05) is 19.9 Å². The summed E-state index contributed by atoms with van der Waals surface area (Å²) in [5.41, 5.74) is 2.02. The number of carbonyl (C=O) groups is 2. The molecular formula is C19H21N5O4S. The molecule has 0 radical (unpaired) electrons. The fraction of sp³-hybridized carbons (Fsp3) is 0.316. The van der Waals surface area contributed by atoms with Gasteiger partial charge in [-0.05, 0) is 48.4 Å². The van der Waals surface area contributed by atoms with Crippen molar-refractivity contribution in [1.29, 1.82) is 0 Å². The molecule has 0 bridgehead atoms. The Bertz CT molecular complexity index is 1000. The fourth-order valence-corrected chi connectivity index (χ4v) is 3.97. The van der Waals surface area contributed by atoms with Crippen LogP contribution in [0.2, 0.25) is 0 Å². The summed E-state index contributed by atoms with van der Waals surface area (Å²) in [7, 11) is 0. The molecule has 1 aromatic carbocycles. The molecule has 2 heterocycles. The van der Waals surface area contributed by atoms with E-state index in [1.165, 1.54) is 22.3 Å². The topological polar surface area (TPSA) is 108 Å². The Morgan fingerprint density at radius 3 is 2.79 bits per heavy atom. The second-order valence-electron chi connectivity index (χ2n) is 6.00. The fourth-order valence-electron chi connectivity index (χ4n) is 2.82. The quantitative estimate of drug-likeness (QED) is 0.564. The van der Waals surface area contributed by atoms with E-state index in [-0.39, 0.29) is 19.1 Å². The molecule has 0 saturated heterocycles. The van der Waals surface area contributed by atoms with Crippen molar-refractivity contribution in [2.24, 2.45) is 0 Å². The molecule has 3 aromatic rings. The smallest absolute Gasteiger partial charge is 0.341 e. The number of amides is 1. The molecule has 0 fully saturated rings. The van der Waals surface area contributed by atoms with Gasteiger partial charge in [0.2, 0.25) is 0 Å². The van der Waals surface area contributed by atoms with E-state index in [4.69, 9.17) is 9.47 Å². The zero-order valence-corrected chi connectivity index (χ0v) is 17.2. The van der Waals surface area contributed by atoms with Gasteiger partial charge < -0.3 is 14.8 Å². The van der Waals surface area contributed by atoms with Crippen LogP contribution in [0.3, 0.4) is 0 Å². The van der Waals surface area contributed by atoms with Gasteiger partial charge in [0, 0.05) is 10.9 Å². The Morgan fingerprint density at radius 1 is 1.28 bits per heavy atom. The lowest BCUT2D eigenvalue weighted by atomic mass is 10.1. The highest BCUT2D eigenvalue weighted by Gasteiger charge is 2.23. The Morgan fingerprint density at radius 2 is 2.10 bits per heavy atom. The second kappa shape index (κ2) is 9.28. The van der Waals surface area contributed by atoms with E-state index in [9.17, 15) is 9.59 Å². The van der Waals surface area contributed by atoms with Crippen LogP contribution in [-0.2, 0) is 16.0 Å². The molecular weight excluding hydrogens is 394 g/mol. The van der Waals surface area contributed by atoms with Gasteiger partial charge in [0.05, 0.1) is 17.9 Å². The third-order valence-corrected chi connectivity index (χ3v) is 5.16. The molecule has 0 atom stereocenters. The lowest BCUT2D eigenvalue weighted by molar-refractivity contribution is -0.118. The lowest BCUT2D eigenvalue weighted by Crippen LogP contribution is -2.21. The van der Waals surface area contributed by atoms with Crippen LogP contribution in [0, 0.1) is 6.92 Å². The van der Waals surface area contributed by atoms with Gasteiger partial charge in [-0.15, -0.1) is 16.4 Å². The first kappa shape index (κ1) is 20.5. The first-order chi connectivity index (χ1) is 14.0. The molecule has 0 aliphatic rings. The van der Waals surface area contributed by atoms with E-state index in [2.05, 4.69) is 20.8 Å². The minimum atomic E-state index is -0.431. The van der Waals surface area contributed by atoms with Crippen LogP contribution >= 0.6 is 11.3 Å². The van der Waals surface area contributed by atoms with Gasteiger partial charge in [0.15, 0.2) is 6.61 Å². The SMILES string of the molecule is CCOC(=O)c1c(NC(=O)COc2cccc(-n3cnnn3)c2)sc(C)c1CC. The number of hydrogen-bond donors (Lipinski definition) is 1. The molecule has 0 aliphatic heterocycles. The number of aryl methyl sites for hydroxylation is 1. The number of hydrogen-bond acceptors (Lipinski definition) is 8. The summed E-state index contributed by atoms with van der Waals surface area (Å²) in [6.45, 7) is 5.69. The van der Waals surface area contributed by atoms with E-state index in [1.54, 1.807) is 25.1 Å². The van der Waals surface area contributed by atoms with Crippen LogP contribution in [0.15, 0.2) is 30.6 Å². The zero-order valence-electron chi connectivity index (χ0n) is 16.3. The lowest BCUT2D eigenvalue weighted by Gasteiger charge is -2.09. The van der Waals surface area contributed by atoms with Gasteiger partial charge in [-0.2, -0.15) is 0 Å². The molecule has 3 rings (SSSR count). The number of aromatic nitrogens is 4. The Balaban J connectivity index is 1.69. The van der Waals surface area contributed by atoms with Crippen LogP contribution in [-0.4, -0.2) is 45.3 Å². The standard InChI is InChI=1S/C19H21N5O4S/c1-4-15-12(3)29-18(17(15)19(26)27-5-2)21-16(25)10-28-14-8-6-7-13(9-14)24-11-20-22-23-24/h6-9,11H,4-5,10H2,1-3H3,(H,21,25). The summed E-state index contributed by atoms with van der Waals surface area (Å²) in [4.78, 5) is 25.7. The summed E-state index contributed by atoms with van der Waals surface area (Å²) in [6, 6.07) is 7.04. The largest absolute Gasteiger partial charge is 0.484 e. The highest BCUT2D eigenvalue weighted by atomic mass is 32.1. The van der Waals surface area contributed by atoms with Gasteiger partial charge in [-0.3, -0.25) is 4.79 Å². The van der Waals surface area contributed by atoms with Crippen molar-refractivity contribution in [3.8, 4) is 11.4 Å². The van der Waals surface area contributed by atoms with Crippen molar-refractivity contribution in [1.82, 2.24) is 20.2 Å². The Kier molecular flexibility index (Phi) is 6.55. The minimum Gasteiger partial charge on any atom is -0.484 e. The summed E-state index contributed by atoms with van der Waals surface area (Å²) >= 11 is 1.36. The van der Waals surface area contributed by atoms with Gasteiger partial charge in [-0.25, -0.2) is 9.48 Å². The van der Waals surface area contributed by atoms with Crippen molar-refractivity contribution in [2.75, 3.05) is 18.5 Å². The summed E-state index contributed by atoms with van der Waals surface area (Å²) in [6.07, 6.45) is 2.14. The maximum Gasteiger partial charge on any atom is 0.341 e. The average molecular weight is 415 g/mol. The highest BCUT2D eigenvalue weighted by molar-refractivity contribution is 7.16. The van der Waals surface area contributed by atoms with E-state index >= 15 is 0 Å². The van der Waals surface area contributed by atoms with Gasteiger partial charge >= 0.3 is 5.97 Å².